The van der Waals surface area contributed by atoms with Crippen LogP contribution >= 0.6 is 0 Å². The molecule has 2 aromatic carbocycles. The van der Waals surface area contributed by atoms with Gasteiger partial charge in [0.15, 0.2) is 11.3 Å². The van der Waals surface area contributed by atoms with Gasteiger partial charge in [0.1, 0.15) is 17.9 Å². The van der Waals surface area contributed by atoms with Crippen LogP contribution in [0.1, 0.15) is 5.56 Å². The number of hydrogen-bond donors (Lipinski definition) is 0. The molecule has 19 heavy (non-hydrogen) atoms. The fraction of sp³-hybridized carbons (Fsp3) is 0. The van der Waals surface area contributed by atoms with Crippen LogP contribution in [0.2, 0.25) is 0 Å². The van der Waals surface area contributed by atoms with Gasteiger partial charge in [0.25, 0.3) is 0 Å². The zero-order chi connectivity index (χ0) is 13.5. The topological polar surface area (TPSA) is 56.8 Å². The summed E-state index contributed by atoms with van der Waals surface area (Å²) in [5.41, 5.74) is 0.652. The molecular formula is C16H10N2O. The van der Waals surface area contributed by atoms with Gasteiger partial charge < -0.3 is 4.74 Å². The van der Waals surface area contributed by atoms with Crippen LogP contribution in [0, 0.1) is 22.7 Å². The van der Waals surface area contributed by atoms with Crippen molar-refractivity contribution in [3.8, 4) is 17.9 Å². The van der Waals surface area contributed by atoms with E-state index in [1.807, 2.05) is 48.5 Å². The largest absolute Gasteiger partial charge is 0.455 e. The lowest BCUT2D eigenvalue weighted by Gasteiger charge is -2.10. The SMILES string of the molecule is N#CC(C#N)=C(Oc1ccccc1)c1ccccc1. The molecule has 90 valence electrons. The Bertz CT molecular complexity index is 645. The van der Waals surface area contributed by atoms with Gasteiger partial charge >= 0.3 is 0 Å². The number of nitrogens with zero attached hydrogens (tertiary/aromatic N) is 2. The minimum absolute atomic E-state index is 0.0462. The molecule has 0 aliphatic carbocycles. The molecule has 3 heteroatoms. The van der Waals surface area contributed by atoms with Crippen molar-refractivity contribution in [3.05, 3.63) is 71.8 Å². The second-order valence-corrected chi connectivity index (χ2v) is 3.71. The predicted octanol–water partition coefficient (Wildman–Crippen LogP) is 3.52. The van der Waals surface area contributed by atoms with Gasteiger partial charge in [0, 0.05) is 5.56 Å². The first-order valence-electron chi connectivity index (χ1n) is 5.68. The standard InChI is InChI=1S/C16H10N2O/c17-11-14(12-18)16(13-7-3-1-4-8-13)19-15-9-5-2-6-10-15/h1-10H. The lowest BCUT2D eigenvalue weighted by atomic mass is 10.1. The molecule has 0 saturated heterocycles. The van der Waals surface area contributed by atoms with Crippen molar-refractivity contribution in [2.75, 3.05) is 0 Å². The molecule has 0 N–H and O–H groups in total. The Kier molecular flexibility index (Phi) is 3.95. The van der Waals surface area contributed by atoms with Gasteiger partial charge in [0.05, 0.1) is 0 Å². The third-order valence-electron chi connectivity index (χ3n) is 2.45. The molecule has 0 fully saturated rings. The van der Waals surface area contributed by atoms with E-state index in [1.165, 1.54) is 0 Å². The highest BCUT2D eigenvalue weighted by Crippen LogP contribution is 2.23. The zero-order valence-electron chi connectivity index (χ0n) is 10.1. The lowest BCUT2D eigenvalue weighted by molar-refractivity contribution is 0.513. The Morgan fingerprint density at radius 2 is 1.32 bits per heavy atom. The second-order valence-electron chi connectivity index (χ2n) is 3.71. The van der Waals surface area contributed by atoms with Gasteiger partial charge in [-0.1, -0.05) is 48.5 Å². The number of allylic oxidation sites excluding steroid dienone is 1. The monoisotopic (exact) mass is 246 g/mol. The van der Waals surface area contributed by atoms with Crippen LogP contribution in [0.3, 0.4) is 0 Å². The number of para-hydroxylation sites is 1. The molecule has 3 nitrogen and oxygen atoms in total. The zero-order valence-corrected chi connectivity index (χ0v) is 10.1. The van der Waals surface area contributed by atoms with Crippen LogP contribution in [-0.2, 0) is 0 Å². The first-order valence-corrected chi connectivity index (χ1v) is 5.68. The first-order chi connectivity index (χ1) is 9.35. The van der Waals surface area contributed by atoms with Crippen LogP contribution in [0.5, 0.6) is 5.75 Å². The van der Waals surface area contributed by atoms with E-state index >= 15 is 0 Å². The summed E-state index contributed by atoms with van der Waals surface area (Å²) in [4.78, 5) is 0. The summed E-state index contributed by atoms with van der Waals surface area (Å²) in [5, 5.41) is 18.1. The molecule has 0 radical (unpaired) electrons. The maximum Gasteiger partial charge on any atom is 0.172 e. The molecule has 2 rings (SSSR count). The summed E-state index contributed by atoms with van der Waals surface area (Å²) in [6.45, 7) is 0. The molecule has 0 heterocycles. The summed E-state index contributed by atoms with van der Waals surface area (Å²) in [7, 11) is 0. The summed E-state index contributed by atoms with van der Waals surface area (Å²) in [6, 6.07) is 21.9. The van der Waals surface area contributed by atoms with E-state index in [1.54, 1.807) is 24.3 Å². The highest BCUT2D eigenvalue weighted by molar-refractivity contribution is 5.72. The highest BCUT2D eigenvalue weighted by atomic mass is 16.5. The van der Waals surface area contributed by atoms with Crippen molar-refractivity contribution >= 4 is 5.76 Å². The molecular weight excluding hydrogens is 236 g/mol. The third kappa shape index (κ3) is 3.00. The molecule has 0 aliphatic rings. The summed E-state index contributed by atoms with van der Waals surface area (Å²) >= 11 is 0. The average Bonchev–Trinajstić information content (AvgIpc) is 2.49. The van der Waals surface area contributed by atoms with Crippen molar-refractivity contribution in [2.24, 2.45) is 0 Å². The quantitative estimate of drug-likeness (QED) is 0.615. The highest BCUT2D eigenvalue weighted by Gasteiger charge is 2.11. The molecule has 2 aromatic rings. The molecule has 0 bridgehead atoms. The van der Waals surface area contributed by atoms with Crippen molar-refractivity contribution in [1.29, 1.82) is 10.5 Å². The summed E-state index contributed by atoms with van der Waals surface area (Å²) in [5.74, 6) is 0.862. The molecule has 0 aliphatic heterocycles. The van der Waals surface area contributed by atoms with Crippen LogP contribution in [0.25, 0.3) is 5.76 Å². The van der Waals surface area contributed by atoms with Crippen LogP contribution in [0.4, 0.5) is 0 Å². The van der Waals surface area contributed by atoms with E-state index in [4.69, 9.17) is 15.3 Å². The number of ether oxygens (including phenoxy) is 1. The minimum atomic E-state index is -0.0462. The predicted molar refractivity (Wildman–Crippen MR) is 71.7 cm³/mol. The van der Waals surface area contributed by atoms with Gasteiger partial charge in [0.2, 0.25) is 0 Å². The first kappa shape index (κ1) is 12.4. The molecule has 0 atom stereocenters. The Hall–Kier alpha value is -3.04. The maximum atomic E-state index is 9.03. The lowest BCUT2D eigenvalue weighted by Crippen LogP contribution is -1.98. The van der Waals surface area contributed by atoms with Crippen molar-refractivity contribution in [3.63, 3.8) is 0 Å². The van der Waals surface area contributed by atoms with Crippen molar-refractivity contribution < 1.29 is 4.74 Å². The normalized spacial score (nSPS) is 8.95. The van der Waals surface area contributed by atoms with Gasteiger partial charge in [-0.05, 0) is 12.1 Å². The van der Waals surface area contributed by atoms with E-state index in [2.05, 4.69) is 0 Å². The summed E-state index contributed by atoms with van der Waals surface area (Å²) < 4.78 is 5.68. The van der Waals surface area contributed by atoms with Gasteiger partial charge in [-0.25, -0.2) is 0 Å². The average molecular weight is 246 g/mol. The molecule has 0 amide bonds. The fourth-order valence-electron chi connectivity index (χ4n) is 1.58. The number of hydrogen-bond acceptors (Lipinski definition) is 3. The fourth-order valence-corrected chi connectivity index (χ4v) is 1.58. The number of rotatable bonds is 3. The summed E-state index contributed by atoms with van der Waals surface area (Å²) in [6.07, 6.45) is 0. The maximum absolute atomic E-state index is 9.03. The van der Waals surface area contributed by atoms with E-state index in [0.29, 0.717) is 11.3 Å². The van der Waals surface area contributed by atoms with Crippen LogP contribution in [0.15, 0.2) is 66.2 Å². The number of nitriles is 2. The minimum Gasteiger partial charge on any atom is -0.455 e. The van der Waals surface area contributed by atoms with E-state index < -0.39 is 0 Å². The molecule has 0 aromatic heterocycles. The van der Waals surface area contributed by atoms with E-state index in [9.17, 15) is 0 Å². The Balaban J connectivity index is 2.47. The van der Waals surface area contributed by atoms with Gasteiger partial charge in [-0.3, -0.25) is 0 Å². The Morgan fingerprint density at radius 1 is 0.789 bits per heavy atom. The van der Waals surface area contributed by atoms with Crippen LogP contribution in [-0.4, -0.2) is 0 Å². The third-order valence-corrected chi connectivity index (χ3v) is 2.45. The molecule has 0 spiro atoms. The molecule has 0 unspecified atom stereocenters. The molecule has 0 saturated carbocycles. The Morgan fingerprint density at radius 3 is 1.84 bits per heavy atom. The van der Waals surface area contributed by atoms with Crippen molar-refractivity contribution in [1.82, 2.24) is 0 Å². The Labute approximate surface area is 111 Å². The van der Waals surface area contributed by atoms with Gasteiger partial charge in [-0.15, -0.1) is 0 Å². The van der Waals surface area contributed by atoms with E-state index in [-0.39, 0.29) is 11.3 Å². The van der Waals surface area contributed by atoms with Crippen LogP contribution < -0.4 is 4.74 Å². The number of benzene rings is 2. The smallest absolute Gasteiger partial charge is 0.172 e. The van der Waals surface area contributed by atoms with Gasteiger partial charge in [-0.2, -0.15) is 10.5 Å². The van der Waals surface area contributed by atoms with Crippen molar-refractivity contribution in [2.45, 2.75) is 0 Å². The second kappa shape index (κ2) is 6.05. The van der Waals surface area contributed by atoms with E-state index in [0.717, 1.165) is 0 Å².